The van der Waals surface area contributed by atoms with Crippen LogP contribution >= 0.6 is 11.6 Å². The summed E-state index contributed by atoms with van der Waals surface area (Å²) in [6, 6.07) is 11.8. The highest BCUT2D eigenvalue weighted by molar-refractivity contribution is 7.90. The normalized spacial score (nSPS) is 32.4. The van der Waals surface area contributed by atoms with Gasteiger partial charge < -0.3 is 19.5 Å². The third-order valence-electron chi connectivity index (χ3n) is 12.4. The van der Waals surface area contributed by atoms with Gasteiger partial charge in [-0.2, -0.15) is 0 Å². The predicted octanol–water partition coefficient (Wildman–Crippen LogP) is 4.95. The summed E-state index contributed by atoms with van der Waals surface area (Å²) in [4.78, 5) is 20.7. The van der Waals surface area contributed by atoms with Crippen molar-refractivity contribution in [3.05, 3.63) is 70.3 Å². The van der Waals surface area contributed by atoms with Gasteiger partial charge in [-0.15, -0.1) is 0 Å². The number of hydrogen-bond acceptors (Lipinski definition) is 9. The zero-order chi connectivity index (χ0) is 36.6. The summed E-state index contributed by atoms with van der Waals surface area (Å²) in [7, 11) is -3.93. The molecule has 52 heavy (non-hydrogen) atoms. The van der Waals surface area contributed by atoms with Crippen molar-refractivity contribution in [2.24, 2.45) is 23.7 Å². The Hall–Kier alpha value is -2.67. The molecule has 0 unspecified atom stereocenters. The third-order valence-corrected chi connectivity index (χ3v) is 14.1. The number of aryl methyl sites for hydroxylation is 1. The smallest absolute Gasteiger partial charge is 0.264 e. The minimum Gasteiger partial charge on any atom is -0.491 e. The molecule has 3 fully saturated rings. The molecule has 2 bridgehead atoms. The predicted molar refractivity (Wildman–Crippen MR) is 205 cm³/mol. The first kappa shape index (κ1) is 37.6. The maximum atomic E-state index is 13.5. The summed E-state index contributed by atoms with van der Waals surface area (Å²) in [6.07, 6.45) is 7.78. The summed E-state index contributed by atoms with van der Waals surface area (Å²) >= 11 is 6.47. The van der Waals surface area contributed by atoms with Crippen LogP contribution < -0.4 is 14.4 Å². The monoisotopic (exact) mass is 754 g/mol. The zero-order valence-electron chi connectivity index (χ0n) is 30.8. The second kappa shape index (κ2) is 15.6. The summed E-state index contributed by atoms with van der Waals surface area (Å²) in [5, 5.41) is 13.5. The lowest BCUT2D eigenvalue weighted by molar-refractivity contribution is -0.0940. The van der Waals surface area contributed by atoms with Crippen molar-refractivity contribution in [3.8, 4) is 5.75 Å². The molecule has 7 rings (SSSR count). The van der Waals surface area contributed by atoms with Crippen LogP contribution in [0.2, 0.25) is 5.02 Å². The van der Waals surface area contributed by atoms with Crippen molar-refractivity contribution in [2.75, 3.05) is 76.3 Å². The summed E-state index contributed by atoms with van der Waals surface area (Å²) in [6.45, 7) is 13.6. The van der Waals surface area contributed by atoms with E-state index in [-0.39, 0.29) is 40.9 Å². The van der Waals surface area contributed by atoms with Gasteiger partial charge in [-0.05, 0) is 84.4 Å². The first-order valence-corrected chi connectivity index (χ1v) is 21.2. The Morgan fingerprint density at radius 1 is 1.02 bits per heavy atom. The third kappa shape index (κ3) is 8.20. The van der Waals surface area contributed by atoms with E-state index >= 15 is 0 Å². The number of rotatable bonds is 6. The number of fused-ring (bicyclic) bond motifs is 2. The molecule has 6 atom stereocenters. The number of β-amino-alcohol motifs (C(OH)–C–C–N with tert-alkyl or cyclic N) is 1. The Bertz CT molecular complexity index is 1740. The average Bonchev–Trinajstić information content (AvgIpc) is 3.24. The van der Waals surface area contributed by atoms with E-state index in [4.69, 9.17) is 21.1 Å². The number of hydrogen-bond donors (Lipinski definition) is 2. The minimum atomic E-state index is -3.93. The van der Waals surface area contributed by atoms with Gasteiger partial charge in [0.05, 0.1) is 42.9 Å². The van der Waals surface area contributed by atoms with Crippen molar-refractivity contribution in [2.45, 2.75) is 64.0 Å². The van der Waals surface area contributed by atoms with Gasteiger partial charge in [-0.3, -0.25) is 14.6 Å². The summed E-state index contributed by atoms with van der Waals surface area (Å²) in [5.41, 5.74) is 2.38. The van der Waals surface area contributed by atoms with Gasteiger partial charge >= 0.3 is 0 Å². The first-order chi connectivity index (χ1) is 24.9. The summed E-state index contributed by atoms with van der Waals surface area (Å²) < 4.78 is 40.9. The van der Waals surface area contributed by atoms with Gasteiger partial charge in [0.15, 0.2) is 0 Å². The molecular weight excluding hydrogens is 700 g/mol. The Morgan fingerprint density at radius 2 is 1.81 bits per heavy atom. The minimum absolute atomic E-state index is 0.0182. The molecular formula is C40H55ClN4O6S. The van der Waals surface area contributed by atoms with E-state index in [0.29, 0.717) is 43.1 Å². The molecule has 12 heteroatoms. The van der Waals surface area contributed by atoms with Crippen molar-refractivity contribution in [1.29, 1.82) is 0 Å². The van der Waals surface area contributed by atoms with Crippen LogP contribution in [0.4, 0.5) is 5.69 Å². The highest BCUT2D eigenvalue weighted by atomic mass is 35.5. The number of halogens is 1. The fourth-order valence-corrected chi connectivity index (χ4v) is 10.5. The molecule has 284 valence electrons. The van der Waals surface area contributed by atoms with E-state index < -0.39 is 21.5 Å². The number of nitrogens with zero attached hydrogens (tertiary/aromatic N) is 3. The first-order valence-electron chi connectivity index (χ1n) is 19.2. The highest BCUT2D eigenvalue weighted by Gasteiger charge is 2.47. The SMILES string of the molecule is CCCc1cc(Cl)ccc1[C@@H]1COc2ccc3cc2N(C1)C[C@@H]1CC[C@H]1[C@@](O)(CN1CCN(C2COC2)CC1)/C=C/[C@H](C)[C@H](C)CS(=O)(=O)NC3=O. The Morgan fingerprint density at radius 3 is 2.50 bits per heavy atom. The van der Waals surface area contributed by atoms with E-state index in [9.17, 15) is 18.3 Å². The number of amides is 1. The number of anilines is 1. The average molecular weight is 755 g/mol. The summed E-state index contributed by atoms with van der Waals surface area (Å²) in [5.74, 6) is -0.338. The van der Waals surface area contributed by atoms with E-state index in [1.807, 2.05) is 32.1 Å². The number of aliphatic hydroxyl groups is 1. The van der Waals surface area contributed by atoms with Gasteiger partial charge in [0.1, 0.15) is 5.75 Å². The fourth-order valence-electron chi connectivity index (χ4n) is 8.80. The largest absolute Gasteiger partial charge is 0.491 e. The van der Waals surface area contributed by atoms with Gasteiger partial charge in [-0.1, -0.05) is 57.0 Å². The van der Waals surface area contributed by atoms with Crippen molar-refractivity contribution in [3.63, 3.8) is 0 Å². The molecule has 0 spiro atoms. The number of carbonyl (C=O) groups is 1. The molecule has 2 aromatic carbocycles. The molecule has 2 aromatic rings. The molecule has 0 radical (unpaired) electrons. The highest BCUT2D eigenvalue weighted by Crippen LogP contribution is 2.46. The second-order valence-corrected chi connectivity index (χ2v) is 18.2. The number of piperazine rings is 1. The molecule has 1 saturated carbocycles. The van der Waals surface area contributed by atoms with Crippen LogP contribution in [0, 0.1) is 23.7 Å². The molecule has 2 N–H and O–H groups in total. The molecule has 1 aliphatic carbocycles. The van der Waals surface area contributed by atoms with Gasteiger partial charge in [0, 0.05) is 62.3 Å². The van der Waals surface area contributed by atoms with Crippen LogP contribution in [-0.2, 0) is 21.2 Å². The van der Waals surface area contributed by atoms with Crippen LogP contribution in [0.5, 0.6) is 5.75 Å². The van der Waals surface area contributed by atoms with Crippen LogP contribution in [0.3, 0.4) is 0 Å². The number of nitrogens with one attached hydrogen (secondary N) is 1. The van der Waals surface area contributed by atoms with Crippen LogP contribution in [0.15, 0.2) is 48.6 Å². The lowest BCUT2D eigenvalue weighted by Gasteiger charge is -2.51. The van der Waals surface area contributed by atoms with E-state index in [1.54, 1.807) is 18.2 Å². The fraction of sp³-hybridized carbons (Fsp3) is 0.625. The maximum absolute atomic E-state index is 13.5. The topological polar surface area (TPSA) is 112 Å². The number of benzene rings is 2. The van der Waals surface area contributed by atoms with Gasteiger partial charge in [0.25, 0.3) is 5.91 Å². The maximum Gasteiger partial charge on any atom is 0.264 e. The lowest BCUT2D eigenvalue weighted by Crippen LogP contribution is -2.60. The molecule has 2 saturated heterocycles. The Labute approximate surface area is 314 Å². The van der Waals surface area contributed by atoms with Crippen molar-refractivity contribution in [1.82, 2.24) is 14.5 Å². The molecule has 1 amide bonds. The molecule has 4 aliphatic heterocycles. The standard InChI is InChI=1S/C40H55ClN4O6S/c1-4-5-29-18-33(41)8-9-35(29)32-21-45-20-31-6-10-36(31)40(47,26-43-14-16-44(17-15-43)34-23-50-24-34)13-12-27(2)28(3)25-52(48,49)42-39(46)30-7-11-38(51-22-32)37(45)19-30/h7-9,11-13,18-19,27-28,31-32,34,36,47H,4-6,10,14-17,20-26H2,1-3H3,(H,42,46)/b13-12+/t27-,28+,31-,32-,36+,40-/m0/s1. The van der Waals surface area contributed by atoms with Crippen molar-refractivity contribution < 1.29 is 27.8 Å². The van der Waals surface area contributed by atoms with E-state index in [0.717, 1.165) is 70.8 Å². The van der Waals surface area contributed by atoms with Gasteiger partial charge in [0.2, 0.25) is 10.0 Å². The Kier molecular flexibility index (Phi) is 11.3. The van der Waals surface area contributed by atoms with Crippen LogP contribution in [-0.4, -0.2) is 112 Å². The van der Waals surface area contributed by atoms with Gasteiger partial charge in [-0.25, -0.2) is 13.1 Å². The molecule has 10 nitrogen and oxygen atoms in total. The van der Waals surface area contributed by atoms with Crippen molar-refractivity contribution >= 4 is 33.2 Å². The quantitative estimate of drug-likeness (QED) is 0.396. The number of ether oxygens (including phenoxy) is 2. The Balaban J connectivity index is 1.23. The molecule has 4 heterocycles. The molecule has 0 aromatic heterocycles. The second-order valence-electron chi connectivity index (χ2n) is 16.0. The van der Waals surface area contributed by atoms with Crippen LogP contribution in [0.25, 0.3) is 0 Å². The number of sulfonamides is 1. The van der Waals surface area contributed by atoms with E-state index in [1.165, 1.54) is 11.1 Å². The van der Waals surface area contributed by atoms with E-state index in [2.05, 4.69) is 38.5 Å². The number of carbonyl (C=O) groups excluding carboxylic acids is 1. The lowest BCUT2D eigenvalue weighted by atomic mass is 9.64. The van der Waals surface area contributed by atoms with Crippen LogP contribution in [0.1, 0.15) is 67.4 Å². The zero-order valence-corrected chi connectivity index (χ0v) is 32.4. The molecule has 5 aliphatic rings. The number of allylic oxidation sites excluding steroid dienone is 1.